The highest BCUT2D eigenvalue weighted by Crippen LogP contribution is 2.40. The average Bonchev–Trinajstić information content (AvgIpc) is 3.97. The lowest BCUT2D eigenvalue weighted by molar-refractivity contribution is 0.543. The van der Waals surface area contributed by atoms with Crippen LogP contribution in [0.15, 0.2) is 255 Å². The molecule has 3 aromatic heterocycles. The zero-order chi connectivity index (χ0) is 49.1. The molecule has 6 heteroatoms. The summed E-state index contributed by atoms with van der Waals surface area (Å²) in [7, 11) is -2.83. The van der Waals surface area contributed by atoms with Gasteiger partial charge in [0.05, 0.1) is 27.8 Å². The molecule has 0 fully saturated rings. The minimum atomic E-state index is -2.83. The standard InChI is InChI=1S/C67H51N5Si/c1-67(2,3)66-69-64(46-23-8-4-9-24-46)68-65(70-66)58-44-48(47-25-22-32-53(43-47)73(50-26-10-5-11-27-50,51-28-12-6-13-29-51)52-30-14-7-15-31-52)39-41-63(58)72-61-38-21-18-35-56(61)57-45-49(40-42-62(57)72)71-59-36-19-16-33-54(59)55-34-17-20-37-60(55)71/h4-45H,1-3H3. The minimum Gasteiger partial charge on any atom is -0.309 e. The molecule has 5 nitrogen and oxygen atoms in total. The Morgan fingerprint density at radius 2 is 0.781 bits per heavy atom. The molecular formula is C67H51N5Si. The van der Waals surface area contributed by atoms with E-state index in [2.05, 4.69) is 266 Å². The second-order valence-corrected chi connectivity index (χ2v) is 23.8. The second-order valence-electron chi connectivity index (χ2n) is 20.0. The normalized spacial score (nSPS) is 12.0. The Balaban J connectivity index is 1.07. The molecule has 10 aromatic carbocycles. The van der Waals surface area contributed by atoms with E-state index in [4.69, 9.17) is 15.0 Å². The molecule has 0 spiro atoms. The van der Waals surface area contributed by atoms with Gasteiger partial charge in [0.25, 0.3) is 0 Å². The van der Waals surface area contributed by atoms with Gasteiger partial charge < -0.3 is 9.13 Å². The summed E-state index contributed by atoms with van der Waals surface area (Å²) < 4.78 is 4.82. The number of rotatable bonds is 9. The van der Waals surface area contributed by atoms with Crippen molar-refractivity contribution in [3.8, 4) is 45.3 Å². The Kier molecular flexibility index (Phi) is 10.7. The van der Waals surface area contributed by atoms with E-state index in [-0.39, 0.29) is 5.41 Å². The third-order valence-electron chi connectivity index (χ3n) is 14.6. The maximum absolute atomic E-state index is 5.42. The van der Waals surface area contributed by atoms with Crippen LogP contribution >= 0.6 is 0 Å². The number of fused-ring (bicyclic) bond motifs is 6. The number of para-hydroxylation sites is 3. The molecule has 0 aliphatic rings. The molecule has 0 N–H and O–H groups in total. The molecule has 0 saturated heterocycles. The largest absolute Gasteiger partial charge is 0.309 e. The fourth-order valence-corrected chi connectivity index (χ4v) is 16.0. The summed E-state index contributed by atoms with van der Waals surface area (Å²) in [5.74, 6) is 2.01. The highest BCUT2D eigenvalue weighted by Gasteiger charge is 2.41. The van der Waals surface area contributed by atoms with Crippen LogP contribution in [-0.4, -0.2) is 32.2 Å². The van der Waals surface area contributed by atoms with Crippen molar-refractivity contribution in [2.45, 2.75) is 26.2 Å². The summed E-state index contributed by atoms with van der Waals surface area (Å²) in [4.78, 5) is 16.0. The molecule has 0 atom stereocenters. The molecular weight excluding hydrogens is 903 g/mol. The van der Waals surface area contributed by atoms with Gasteiger partial charge in [-0.1, -0.05) is 227 Å². The molecule has 0 aliphatic heterocycles. The monoisotopic (exact) mass is 953 g/mol. The van der Waals surface area contributed by atoms with E-state index >= 15 is 0 Å². The van der Waals surface area contributed by atoms with Crippen molar-refractivity contribution in [2.75, 3.05) is 0 Å². The molecule has 0 amide bonds. The van der Waals surface area contributed by atoms with Crippen molar-refractivity contribution in [2.24, 2.45) is 0 Å². The summed E-state index contributed by atoms with van der Waals surface area (Å²) in [6, 6.07) is 93.0. The summed E-state index contributed by atoms with van der Waals surface area (Å²) in [6.07, 6.45) is 0. The van der Waals surface area contributed by atoms with Gasteiger partial charge in [-0.15, -0.1) is 0 Å². The third kappa shape index (κ3) is 7.41. The molecule has 3 heterocycles. The molecule has 348 valence electrons. The lowest BCUT2D eigenvalue weighted by Gasteiger charge is -2.34. The first-order valence-corrected chi connectivity index (χ1v) is 27.1. The topological polar surface area (TPSA) is 48.5 Å². The Bertz CT molecular complexity index is 4020. The van der Waals surface area contributed by atoms with Gasteiger partial charge in [-0.25, -0.2) is 15.0 Å². The zero-order valence-electron chi connectivity index (χ0n) is 41.0. The Labute approximate surface area is 426 Å². The molecule has 73 heavy (non-hydrogen) atoms. The van der Waals surface area contributed by atoms with Gasteiger partial charge >= 0.3 is 0 Å². The van der Waals surface area contributed by atoms with Crippen LogP contribution in [0.5, 0.6) is 0 Å². The van der Waals surface area contributed by atoms with Gasteiger partial charge in [-0.3, -0.25) is 0 Å². The van der Waals surface area contributed by atoms with E-state index in [1.807, 2.05) is 18.2 Å². The van der Waals surface area contributed by atoms with Gasteiger partial charge in [-0.2, -0.15) is 0 Å². The second kappa shape index (κ2) is 17.7. The van der Waals surface area contributed by atoms with Gasteiger partial charge in [0.1, 0.15) is 5.82 Å². The maximum Gasteiger partial charge on any atom is 0.179 e. The molecule has 0 saturated carbocycles. The van der Waals surface area contributed by atoms with Crippen molar-refractivity contribution in [1.29, 1.82) is 0 Å². The van der Waals surface area contributed by atoms with Crippen LogP contribution in [-0.2, 0) is 5.41 Å². The number of hydrogen-bond acceptors (Lipinski definition) is 3. The lowest BCUT2D eigenvalue weighted by Crippen LogP contribution is -2.74. The van der Waals surface area contributed by atoms with Crippen molar-refractivity contribution in [1.82, 2.24) is 24.1 Å². The van der Waals surface area contributed by atoms with Gasteiger partial charge in [0.2, 0.25) is 0 Å². The fourth-order valence-electron chi connectivity index (χ4n) is 11.2. The van der Waals surface area contributed by atoms with E-state index in [0.29, 0.717) is 11.6 Å². The van der Waals surface area contributed by atoms with E-state index in [1.54, 1.807) is 0 Å². The van der Waals surface area contributed by atoms with Crippen molar-refractivity contribution in [3.05, 3.63) is 261 Å². The van der Waals surface area contributed by atoms with Crippen LogP contribution < -0.4 is 20.7 Å². The van der Waals surface area contributed by atoms with Crippen LogP contribution in [0.1, 0.15) is 26.6 Å². The zero-order valence-corrected chi connectivity index (χ0v) is 42.0. The van der Waals surface area contributed by atoms with Crippen molar-refractivity contribution < 1.29 is 0 Å². The Morgan fingerprint density at radius 1 is 0.329 bits per heavy atom. The van der Waals surface area contributed by atoms with E-state index in [0.717, 1.165) is 55.9 Å². The highest BCUT2D eigenvalue weighted by atomic mass is 28.3. The Morgan fingerprint density at radius 3 is 1.36 bits per heavy atom. The van der Waals surface area contributed by atoms with E-state index in [1.165, 1.54) is 47.9 Å². The van der Waals surface area contributed by atoms with E-state index in [9.17, 15) is 0 Å². The lowest BCUT2D eigenvalue weighted by atomic mass is 9.95. The smallest absolute Gasteiger partial charge is 0.179 e. The van der Waals surface area contributed by atoms with Crippen LogP contribution in [0.2, 0.25) is 0 Å². The predicted molar refractivity (Wildman–Crippen MR) is 307 cm³/mol. The number of aromatic nitrogens is 5. The van der Waals surface area contributed by atoms with Gasteiger partial charge in [0, 0.05) is 43.8 Å². The highest BCUT2D eigenvalue weighted by molar-refractivity contribution is 7.19. The molecule has 0 aliphatic carbocycles. The predicted octanol–water partition coefficient (Wildman–Crippen LogP) is 13.7. The van der Waals surface area contributed by atoms with Crippen molar-refractivity contribution in [3.63, 3.8) is 0 Å². The summed E-state index contributed by atoms with van der Waals surface area (Å²) in [5.41, 5.74) is 10.4. The van der Waals surface area contributed by atoms with Crippen molar-refractivity contribution >= 4 is 72.4 Å². The number of nitrogens with zero attached hydrogens (tertiary/aromatic N) is 5. The minimum absolute atomic E-state index is 0.357. The summed E-state index contributed by atoms with van der Waals surface area (Å²) in [6.45, 7) is 6.52. The fraction of sp³-hybridized carbons (Fsp3) is 0.0597. The maximum atomic E-state index is 5.42. The first-order chi connectivity index (χ1) is 35.8. The van der Waals surface area contributed by atoms with Gasteiger partial charge in [-0.05, 0) is 80.4 Å². The molecule has 0 bridgehead atoms. The van der Waals surface area contributed by atoms with Crippen LogP contribution in [0.4, 0.5) is 0 Å². The first kappa shape index (κ1) is 44.0. The first-order valence-electron chi connectivity index (χ1n) is 25.1. The van der Waals surface area contributed by atoms with Crippen LogP contribution in [0.25, 0.3) is 88.9 Å². The third-order valence-corrected chi connectivity index (χ3v) is 19.3. The molecule has 13 aromatic rings. The quantitative estimate of drug-likeness (QED) is 0.107. The van der Waals surface area contributed by atoms with Gasteiger partial charge in [0.15, 0.2) is 19.7 Å². The molecule has 13 rings (SSSR count). The number of benzene rings is 10. The summed E-state index contributed by atoms with van der Waals surface area (Å²) in [5, 5.41) is 10.1. The summed E-state index contributed by atoms with van der Waals surface area (Å²) >= 11 is 0. The number of hydrogen-bond donors (Lipinski definition) is 0. The van der Waals surface area contributed by atoms with E-state index < -0.39 is 8.07 Å². The SMILES string of the molecule is CC(C)(C)c1nc(-c2ccccc2)nc(-c2cc(-c3cccc([Si](c4ccccc4)(c4ccccc4)c4ccccc4)c3)ccc2-n2c3ccccc3c3cc(-n4c5ccccc5c5ccccc54)ccc32)n1. The Hall–Kier alpha value is -8.97. The molecule has 0 radical (unpaired) electrons. The molecule has 0 unspecified atom stereocenters. The van der Waals surface area contributed by atoms with Crippen LogP contribution in [0.3, 0.4) is 0 Å². The average molecular weight is 954 g/mol. The van der Waals surface area contributed by atoms with Crippen LogP contribution in [0, 0.1) is 0 Å².